The summed E-state index contributed by atoms with van der Waals surface area (Å²) in [6.45, 7) is 5.54. The van der Waals surface area contributed by atoms with Crippen molar-refractivity contribution in [3.63, 3.8) is 0 Å². The monoisotopic (exact) mass is 304 g/mol. The Labute approximate surface area is 129 Å². The van der Waals surface area contributed by atoms with Crippen molar-refractivity contribution in [3.05, 3.63) is 47.5 Å². The first-order valence-electron chi connectivity index (χ1n) is 7.32. The van der Waals surface area contributed by atoms with Gasteiger partial charge in [0.05, 0.1) is 12.2 Å². The number of rotatable bonds is 7. The largest absolute Gasteiger partial charge is 0.376 e. The van der Waals surface area contributed by atoms with Gasteiger partial charge < -0.3 is 10.6 Å². The van der Waals surface area contributed by atoms with Crippen LogP contribution in [0, 0.1) is 19.7 Å². The summed E-state index contributed by atoms with van der Waals surface area (Å²) >= 11 is 0. The van der Waals surface area contributed by atoms with Gasteiger partial charge in [0.1, 0.15) is 5.82 Å². The molecule has 5 nitrogen and oxygen atoms in total. The van der Waals surface area contributed by atoms with Crippen LogP contribution in [0.2, 0.25) is 0 Å². The zero-order chi connectivity index (χ0) is 15.9. The molecule has 0 aliphatic carbocycles. The number of aryl methyl sites for hydroxylation is 3. The molecular formula is C16H21FN4O. The minimum absolute atomic E-state index is 0.0855. The first-order valence-corrected chi connectivity index (χ1v) is 7.32. The van der Waals surface area contributed by atoms with Crippen molar-refractivity contribution < 1.29 is 9.18 Å². The number of carbonyl (C=O) groups is 1. The highest BCUT2D eigenvalue weighted by molar-refractivity contribution is 5.80. The van der Waals surface area contributed by atoms with Crippen molar-refractivity contribution in [3.8, 4) is 0 Å². The van der Waals surface area contributed by atoms with Crippen LogP contribution in [0.25, 0.3) is 0 Å². The van der Waals surface area contributed by atoms with Crippen LogP contribution in [0.4, 0.5) is 10.1 Å². The van der Waals surface area contributed by atoms with Crippen LogP contribution in [0.15, 0.2) is 30.3 Å². The van der Waals surface area contributed by atoms with Gasteiger partial charge in [-0.25, -0.2) is 4.39 Å². The van der Waals surface area contributed by atoms with Crippen molar-refractivity contribution in [2.75, 3.05) is 18.4 Å². The molecule has 0 aliphatic rings. The molecule has 1 heterocycles. The number of amides is 1. The molecule has 0 saturated heterocycles. The molecule has 0 radical (unpaired) electrons. The minimum Gasteiger partial charge on any atom is -0.376 e. The van der Waals surface area contributed by atoms with E-state index >= 15 is 0 Å². The molecule has 0 atom stereocenters. The molecule has 1 aromatic heterocycles. The fourth-order valence-electron chi connectivity index (χ4n) is 2.17. The van der Waals surface area contributed by atoms with E-state index in [4.69, 9.17) is 0 Å². The lowest BCUT2D eigenvalue weighted by Crippen LogP contribution is -2.31. The summed E-state index contributed by atoms with van der Waals surface area (Å²) in [6.07, 6.45) is 0.824. The van der Waals surface area contributed by atoms with Crippen LogP contribution < -0.4 is 10.6 Å². The average molecular weight is 304 g/mol. The van der Waals surface area contributed by atoms with Crippen molar-refractivity contribution in [1.82, 2.24) is 15.1 Å². The Morgan fingerprint density at radius 1 is 1.27 bits per heavy atom. The number of hydrogen-bond acceptors (Lipinski definition) is 3. The Balaban J connectivity index is 1.63. The predicted molar refractivity (Wildman–Crippen MR) is 84.2 cm³/mol. The number of aromatic nitrogens is 2. The molecule has 1 aromatic carbocycles. The Kier molecular flexibility index (Phi) is 5.52. The van der Waals surface area contributed by atoms with Gasteiger partial charge in [0.15, 0.2) is 0 Å². The second kappa shape index (κ2) is 7.59. The van der Waals surface area contributed by atoms with Crippen LogP contribution in [0.5, 0.6) is 0 Å². The van der Waals surface area contributed by atoms with Crippen LogP contribution in [-0.2, 0) is 11.3 Å². The molecular weight excluding hydrogens is 283 g/mol. The average Bonchev–Trinajstić information content (AvgIpc) is 2.81. The number of benzene rings is 1. The van der Waals surface area contributed by atoms with Crippen molar-refractivity contribution >= 4 is 11.6 Å². The van der Waals surface area contributed by atoms with E-state index in [1.54, 1.807) is 12.1 Å². The van der Waals surface area contributed by atoms with E-state index in [2.05, 4.69) is 15.7 Å². The van der Waals surface area contributed by atoms with Crippen molar-refractivity contribution in [2.45, 2.75) is 26.8 Å². The van der Waals surface area contributed by atoms with Gasteiger partial charge in [-0.05, 0) is 50.6 Å². The Bertz CT molecular complexity index is 622. The van der Waals surface area contributed by atoms with Crippen LogP contribution in [0.3, 0.4) is 0 Å². The molecule has 118 valence electrons. The van der Waals surface area contributed by atoms with Crippen LogP contribution >= 0.6 is 0 Å². The number of nitrogens with one attached hydrogen (secondary N) is 2. The molecule has 0 unspecified atom stereocenters. The second-order valence-electron chi connectivity index (χ2n) is 5.21. The van der Waals surface area contributed by atoms with E-state index in [0.29, 0.717) is 6.54 Å². The number of halogens is 1. The summed E-state index contributed by atoms with van der Waals surface area (Å²) < 4.78 is 14.7. The maximum absolute atomic E-state index is 12.7. The molecule has 1 amide bonds. The number of anilines is 1. The quantitative estimate of drug-likeness (QED) is 0.771. The third-order valence-electron chi connectivity index (χ3n) is 3.27. The molecule has 2 aromatic rings. The van der Waals surface area contributed by atoms with Crippen LogP contribution in [0.1, 0.15) is 17.8 Å². The second-order valence-corrected chi connectivity index (χ2v) is 5.21. The number of carbonyl (C=O) groups excluding carboxylic acids is 1. The summed E-state index contributed by atoms with van der Waals surface area (Å²) in [7, 11) is 0. The normalized spacial score (nSPS) is 10.5. The highest BCUT2D eigenvalue weighted by Gasteiger charge is 2.03. The van der Waals surface area contributed by atoms with E-state index in [-0.39, 0.29) is 18.3 Å². The molecule has 0 saturated carbocycles. The lowest BCUT2D eigenvalue weighted by atomic mass is 10.3. The van der Waals surface area contributed by atoms with Gasteiger partial charge >= 0.3 is 0 Å². The lowest BCUT2D eigenvalue weighted by molar-refractivity contribution is -0.119. The zero-order valence-corrected chi connectivity index (χ0v) is 12.9. The van der Waals surface area contributed by atoms with Crippen molar-refractivity contribution in [1.29, 1.82) is 0 Å². The van der Waals surface area contributed by atoms with Gasteiger partial charge in [-0.3, -0.25) is 9.48 Å². The summed E-state index contributed by atoms with van der Waals surface area (Å²) in [4.78, 5) is 11.7. The fraction of sp³-hybridized carbons (Fsp3) is 0.375. The Hall–Kier alpha value is -2.37. The molecule has 6 heteroatoms. The third-order valence-corrected chi connectivity index (χ3v) is 3.27. The SMILES string of the molecule is Cc1cc(C)n(CCCNC(=O)CNc2ccc(F)cc2)n1. The first kappa shape index (κ1) is 16.0. The summed E-state index contributed by atoms with van der Waals surface area (Å²) in [5, 5.41) is 10.2. The van der Waals surface area contributed by atoms with E-state index in [1.165, 1.54) is 12.1 Å². The molecule has 0 aliphatic heterocycles. The standard InChI is InChI=1S/C16H21FN4O/c1-12-10-13(2)21(20-12)9-3-8-18-16(22)11-19-15-6-4-14(17)5-7-15/h4-7,10,19H,3,8-9,11H2,1-2H3,(H,18,22). The van der Waals surface area contributed by atoms with E-state index < -0.39 is 0 Å². The van der Waals surface area contributed by atoms with Crippen LogP contribution in [-0.4, -0.2) is 28.8 Å². The van der Waals surface area contributed by atoms with E-state index in [9.17, 15) is 9.18 Å². The summed E-state index contributed by atoms with van der Waals surface area (Å²) in [6, 6.07) is 7.95. The highest BCUT2D eigenvalue weighted by Crippen LogP contribution is 2.07. The highest BCUT2D eigenvalue weighted by atomic mass is 19.1. The summed E-state index contributed by atoms with van der Waals surface area (Å²) in [5.74, 6) is -0.378. The van der Waals surface area contributed by atoms with Gasteiger partial charge in [0, 0.05) is 24.5 Å². The van der Waals surface area contributed by atoms with Crippen molar-refractivity contribution in [2.24, 2.45) is 0 Å². The topological polar surface area (TPSA) is 59.0 Å². The van der Waals surface area contributed by atoms with Gasteiger partial charge in [0.2, 0.25) is 5.91 Å². The Morgan fingerprint density at radius 3 is 2.64 bits per heavy atom. The Morgan fingerprint density at radius 2 is 2.00 bits per heavy atom. The van der Waals surface area contributed by atoms with Gasteiger partial charge in [-0.15, -0.1) is 0 Å². The lowest BCUT2D eigenvalue weighted by Gasteiger charge is -2.08. The minimum atomic E-state index is -0.292. The number of nitrogens with zero attached hydrogens (tertiary/aromatic N) is 2. The zero-order valence-electron chi connectivity index (χ0n) is 12.9. The summed E-state index contributed by atoms with van der Waals surface area (Å²) in [5.41, 5.74) is 2.85. The van der Waals surface area contributed by atoms with E-state index in [1.807, 2.05) is 24.6 Å². The fourth-order valence-corrected chi connectivity index (χ4v) is 2.17. The number of hydrogen-bond donors (Lipinski definition) is 2. The van der Waals surface area contributed by atoms with Gasteiger partial charge in [-0.2, -0.15) is 5.10 Å². The van der Waals surface area contributed by atoms with Gasteiger partial charge in [-0.1, -0.05) is 0 Å². The molecule has 2 rings (SSSR count). The predicted octanol–water partition coefficient (Wildman–Crippen LogP) is 2.26. The third kappa shape index (κ3) is 4.87. The molecule has 0 bridgehead atoms. The smallest absolute Gasteiger partial charge is 0.239 e. The molecule has 22 heavy (non-hydrogen) atoms. The first-order chi connectivity index (χ1) is 10.5. The molecule has 2 N–H and O–H groups in total. The maximum Gasteiger partial charge on any atom is 0.239 e. The van der Waals surface area contributed by atoms with E-state index in [0.717, 1.165) is 30.0 Å². The molecule has 0 spiro atoms. The van der Waals surface area contributed by atoms with Gasteiger partial charge in [0.25, 0.3) is 0 Å². The molecule has 0 fully saturated rings. The maximum atomic E-state index is 12.7.